The van der Waals surface area contributed by atoms with Gasteiger partial charge in [-0.05, 0) is 51.0 Å². The Morgan fingerprint density at radius 1 is 0.529 bits per heavy atom. The summed E-state index contributed by atoms with van der Waals surface area (Å²) in [7, 11) is 0. The van der Waals surface area contributed by atoms with Crippen LogP contribution in [0.2, 0.25) is 0 Å². The van der Waals surface area contributed by atoms with E-state index in [0.717, 1.165) is 51.9 Å². The first kappa shape index (κ1) is 33.4. The molecular formula is C30H60O4. The lowest BCUT2D eigenvalue weighted by molar-refractivity contribution is -0.146. The van der Waals surface area contributed by atoms with E-state index >= 15 is 0 Å². The number of allylic oxidation sites excluding steroid dienone is 1. The summed E-state index contributed by atoms with van der Waals surface area (Å²) in [6.07, 6.45) is 29.4. The van der Waals surface area contributed by atoms with Crippen LogP contribution in [0.3, 0.4) is 0 Å². The predicted octanol–water partition coefficient (Wildman–Crippen LogP) is 9.71. The molecule has 4 nitrogen and oxygen atoms in total. The van der Waals surface area contributed by atoms with Gasteiger partial charge in [-0.2, -0.15) is 0 Å². The quantitative estimate of drug-likeness (QED) is 0.0601. The third-order valence-corrected chi connectivity index (χ3v) is 6.06. The van der Waals surface area contributed by atoms with Crippen molar-refractivity contribution in [2.45, 2.75) is 155 Å². The van der Waals surface area contributed by atoms with Gasteiger partial charge in [-0.3, -0.25) is 0 Å². The Bertz CT molecular complexity index is 378. The molecule has 0 spiro atoms. The summed E-state index contributed by atoms with van der Waals surface area (Å²) >= 11 is 0. The summed E-state index contributed by atoms with van der Waals surface area (Å²) in [5.74, 6) is 0. The van der Waals surface area contributed by atoms with E-state index in [1.807, 2.05) is 6.26 Å². The van der Waals surface area contributed by atoms with E-state index in [1.54, 1.807) is 0 Å². The molecule has 0 aliphatic heterocycles. The van der Waals surface area contributed by atoms with Crippen molar-refractivity contribution in [3.63, 3.8) is 0 Å². The van der Waals surface area contributed by atoms with Gasteiger partial charge < -0.3 is 18.9 Å². The maximum atomic E-state index is 5.80. The second-order valence-corrected chi connectivity index (χ2v) is 9.62. The van der Waals surface area contributed by atoms with E-state index in [2.05, 4.69) is 26.8 Å². The fourth-order valence-electron chi connectivity index (χ4n) is 3.97. The molecule has 0 aromatic heterocycles. The summed E-state index contributed by atoms with van der Waals surface area (Å²) in [5.41, 5.74) is 0. The number of unbranched alkanes of at least 4 members (excludes halogenated alkanes) is 15. The molecule has 0 rings (SSSR count). The maximum absolute atomic E-state index is 5.80. The average molecular weight is 485 g/mol. The lowest BCUT2D eigenvalue weighted by atomic mass is 10.1. The molecule has 0 unspecified atom stereocenters. The van der Waals surface area contributed by atoms with E-state index in [-0.39, 0.29) is 6.29 Å². The zero-order valence-corrected chi connectivity index (χ0v) is 23.3. The molecule has 0 N–H and O–H groups in total. The van der Waals surface area contributed by atoms with Gasteiger partial charge in [-0.1, -0.05) is 104 Å². The molecule has 0 aliphatic carbocycles. The summed E-state index contributed by atoms with van der Waals surface area (Å²) in [4.78, 5) is 0. The van der Waals surface area contributed by atoms with Crippen molar-refractivity contribution < 1.29 is 18.9 Å². The zero-order chi connectivity index (χ0) is 24.8. The van der Waals surface area contributed by atoms with E-state index in [9.17, 15) is 0 Å². The summed E-state index contributed by atoms with van der Waals surface area (Å²) < 4.78 is 22.5. The van der Waals surface area contributed by atoms with Gasteiger partial charge in [-0.15, -0.1) is 0 Å². The molecule has 0 bridgehead atoms. The topological polar surface area (TPSA) is 36.9 Å². The van der Waals surface area contributed by atoms with Crippen molar-refractivity contribution in [1.29, 1.82) is 0 Å². The van der Waals surface area contributed by atoms with Gasteiger partial charge in [0.2, 0.25) is 0 Å². The highest BCUT2D eigenvalue weighted by molar-refractivity contribution is 4.72. The fraction of sp³-hybridized carbons (Fsp3) is 0.933. The number of hydrogen-bond acceptors (Lipinski definition) is 4. The van der Waals surface area contributed by atoms with Gasteiger partial charge in [-0.25, -0.2) is 0 Å². The van der Waals surface area contributed by atoms with Gasteiger partial charge in [0.05, 0.1) is 12.9 Å². The molecule has 0 radical (unpaired) electrons. The van der Waals surface area contributed by atoms with Crippen molar-refractivity contribution in [2.75, 3.05) is 26.6 Å². The molecule has 4 heteroatoms. The second kappa shape index (κ2) is 30.5. The van der Waals surface area contributed by atoms with Crippen LogP contribution in [0.5, 0.6) is 0 Å². The maximum Gasteiger partial charge on any atom is 0.188 e. The molecule has 0 atom stereocenters. The first-order valence-corrected chi connectivity index (χ1v) is 14.9. The first-order valence-electron chi connectivity index (χ1n) is 14.9. The standard InChI is InChI=1S/C30H60O4/c1-4-7-8-9-16-19-22-27-31-29-32-28-23-20-17-14-12-10-11-13-15-18-21-24-30(33-25-5-2)34-26-6-3/h23,28,30H,4-22,24-27,29H2,1-3H3. The first-order chi connectivity index (χ1) is 16.8. The van der Waals surface area contributed by atoms with Crippen LogP contribution in [0.4, 0.5) is 0 Å². The molecule has 0 saturated heterocycles. The van der Waals surface area contributed by atoms with Crippen molar-refractivity contribution in [1.82, 2.24) is 0 Å². The largest absolute Gasteiger partial charge is 0.475 e. The Balaban J connectivity index is 3.26. The minimum atomic E-state index is 0.0155. The summed E-state index contributed by atoms with van der Waals surface area (Å²) in [6.45, 7) is 9.40. The van der Waals surface area contributed by atoms with E-state index in [1.165, 1.54) is 96.3 Å². The van der Waals surface area contributed by atoms with Crippen LogP contribution in [-0.4, -0.2) is 32.9 Å². The zero-order valence-electron chi connectivity index (χ0n) is 23.3. The molecule has 0 aromatic rings. The SMILES string of the molecule is CCCCCCCCCOCOC=CCCCCCCCCCCCC(OCCC)OCCC. The number of rotatable bonds is 29. The highest BCUT2D eigenvalue weighted by Crippen LogP contribution is 2.14. The smallest absolute Gasteiger partial charge is 0.188 e. The monoisotopic (exact) mass is 484 g/mol. The number of ether oxygens (including phenoxy) is 4. The minimum absolute atomic E-state index is 0.0155. The van der Waals surface area contributed by atoms with Crippen LogP contribution in [0.1, 0.15) is 149 Å². The van der Waals surface area contributed by atoms with Crippen LogP contribution in [0.25, 0.3) is 0 Å². The van der Waals surface area contributed by atoms with E-state index in [0.29, 0.717) is 6.79 Å². The molecule has 34 heavy (non-hydrogen) atoms. The third kappa shape index (κ3) is 27.7. The van der Waals surface area contributed by atoms with E-state index < -0.39 is 0 Å². The third-order valence-electron chi connectivity index (χ3n) is 6.06. The Hall–Kier alpha value is -0.580. The lowest BCUT2D eigenvalue weighted by Gasteiger charge is -2.18. The Morgan fingerprint density at radius 3 is 1.65 bits per heavy atom. The van der Waals surface area contributed by atoms with Gasteiger partial charge in [0, 0.05) is 13.2 Å². The van der Waals surface area contributed by atoms with E-state index in [4.69, 9.17) is 18.9 Å². The molecule has 0 saturated carbocycles. The molecular weight excluding hydrogens is 424 g/mol. The molecule has 0 heterocycles. The van der Waals surface area contributed by atoms with Gasteiger partial charge in [0.1, 0.15) is 0 Å². The van der Waals surface area contributed by atoms with Crippen molar-refractivity contribution >= 4 is 0 Å². The number of hydrogen-bond donors (Lipinski definition) is 0. The van der Waals surface area contributed by atoms with Crippen LogP contribution in [0, 0.1) is 0 Å². The molecule has 0 aliphatic rings. The van der Waals surface area contributed by atoms with Crippen LogP contribution in [-0.2, 0) is 18.9 Å². The molecule has 0 fully saturated rings. The molecule has 0 amide bonds. The Morgan fingerprint density at radius 2 is 1.06 bits per heavy atom. The van der Waals surface area contributed by atoms with Crippen LogP contribution in [0.15, 0.2) is 12.3 Å². The highest BCUT2D eigenvalue weighted by atomic mass is 16.7. The van der Waals surface area contributed by atoms with Crippen molar-refractivity contribution in [2.24, 2.45) is 0 Å². The Labute approximate surface area is 213 Å². The minimum Gasteiger partial charge on any atom is -0.475 e. The molecule has 204 valence electrons. The lowest BCUT2D eigenvalue weighted by Crippen LogP contribution is -2.18. The fourth-order valence-corrected chi connectivity index (χ4v) is 3.97. The Kier molecular flexibility index (Phi) is 29.9. The van der Waals surface area contributed by atoms with Gasteiger partial charge >= 0.3 is 0 Å². The van der Waals surface area contributed by atoms with Gasteiger partial charge in [0.15, 0.2) is 13.1 Å². The second-order valence-electron chi connectivity index (χ2n) is 9.62. The predicted molar refractivity (Wildman–Crippen MR) is 146 cm³/mol. The summed E-state index contributed by atoms with van der Waals surface area (Å²) in [5, 5.41) is 0. The van der Waals surface area contributed by atoms with Crippen molar-refractivity contribution in [3.05, 3.63) is 12.3 Å². The highest BCUT2D eigenvalue weighted by Gasteiger charge is 2.08. The molecule has 0 aromatic carbocycles. The van der Waals surface area contributed by atoms with Crippen LogP contribution >= 0.6 is 0 Å². The normalized spacial score (nSPS) is 11.8. The van der Waals surface area contributed by atoms with Crippen molar-refractivity contribution in [3.8, 4) is 0 Å². The average Bonchev–Trinajstić information content (AvgIpc) is 2.85. The van der Waals surface area contributed by atoms with Crippen LogP contribution < -0.4 is 0 Å². The summed E-state index contributed by atoms with van der Waals surface area (Å²) in [6, 6.07) is 0. The van der Waals surface area contributed by atoms with Gasteiger partial charge in [0.25, 0.3) is 0 Å².